The molecule has 3 heterocycles. The molecule has 0 spiro atoms. The van der Waals surface area contributed by atoms with Crippen LogP contribution >= 0.6 is 0 Å². The highest BCUT2D eigenvalue weighted by Crippen LogP contribution is 2.35. The maximum Gasteiger partial charge on any atom is 0.269 e. The van der Waals surface area contributed by atoms with Crippen LogP contribution in [-0.4, -0.2) is 76.7 Å². The minimum absolute atomic E-state index is 0.0179. The van der Waals surface area contributed by atoms with Crippen molar-refractivity contribution in [1.82, 2.24) is 14.8 Å². The zero-order valence-electron chi connectivity index (χ0n) is 21.3. The van der Waals surface area contributed by atoms with E-state index in [9.17, 15) is 38.4 Å². The summed E-state index contributed by atoms with van der Waals surface area (Å²) < 4.78 is 35.3. The largest absolute Gasteiger partial charge is 0.486 e. The second kappa shape index (κ2) is 10.5. The molecule has 0 saturated carbocycles. The van der Waals surface area contributed by atoms with Gasteiger partial charge in [-0.25, -0.2) is 4.39 Å². The third-order valence-corrected chi connectivity index (χ3v) is 7.16. The van der Waals surface area contributed by atoms with Crippen LogP contribution in [0, 0.1) is 21.7 Å². The Morgan fingerprint density at radius 3 is 2.50 bits per heavy atom. The molecule has 210 valence electrons. The molecule has 12 nitrogen and oxygen atoms in total. The number of amides is 2. The van der Waals surface area contributed by atoms with Gasteiger partial charge in [0.25, 0.3) is 11.6 Å². The predicted octanol–water partition coefficient (Wildman–Crippen LogP) is 1.58. The number of anilines is 1. The molecule has 2 aliphatic heterocycles. The average Bonchev–Trinajstić information content (AvgIpc) is 2.96. The first-order valence-electron chi connectivity index (χ1n) is 12.5. The van der Waals surface area contributed by atoms with Gasteiger partial charge in [-0.15, -0.1) is 0 Å². The number of rotatable bonds is 6. The van der Waals surface area contributed by atoms with Gasteiger partial charge in [0.2, 0.25) is 17.2 Å². The van der Waals surface area contributed by atoms with E-state index in [-0.39, 0.29) is 36.3 Å². The number of carbonyl (C=O) groups excluding carboxylic acids is 2. The maximum atomic E-state index is 14.3. The van der Waals surface area contributed by atoms with Crippen molar-refractivity contribution < 1.29 is 33.1 Å². The fraction of sp³-hybridized carbons (Fsp3) is 0.346. The zero-order valence-corrected chi connectivity index (χ0v) is 21.3. The Labute approximate surface area is 225 Å². The van der Waals surface area contributed by atoms with Gasteiger partial charge in [0, 0.05) is 50.2 Å². The number of benzene rings is 2. The summed E-state index contributed by atoms with van der Waals surface area (Å²) in [5.41, 5.74) is -0.519. The number of carbonyl (C=O) groups is 2. The number of non-ortho nitro benzene ring substituents is 1. The summed E-state index contributed by atoms with van der Waals surface area (Å²) >= 11 is 0. The van der Waals surface area contributed by atoms with Gasteiger partial charge in [0.1, 0.15) is 18.2 Å². The number of piperazine rings is 1. The summed E-state index contributed by atoms with van der Waals surface area (Å²) in [4.78, 5) is 53.2. The van der Waals surface area contributed by atoms with Crippen LogP contribution < -0.4 is 20.4 Å². The summed E-state index contributed by atoms with van der Waals surface area (Å²) in [6.45, 7) is 2.31. The monoisotopic (exact) mass is 557 g/mol. The van der Waals surface area contributed by atoms with Gasteiger partial charge in [-0.3, -0.25) is 24.5 Å². The van der Waals surface area contributed by atoms with Crippen LogP contribution in [0.25, 0.3) is 10.9 Å². The third kappa shape index (κ3) is 4.70. The van der Waals surface area contributed by atoms with Crippen molar-refractivity contribution in [2.75, 3.05) is 44.3 Å². The number of nitrogens with one attached hydrogen (secondary N) is 1. The quantitative estimate of drug-likeness (QED) is 0.343. The van der Waals surface area contributed by atoms with Crippen molar-refractivity contribution >= 4 is 34.1 Å². The molecular weight excluding hydrogens is 532 g/mol. The number of aliphatic hydroxyl groups is 1. The number of hydrogen-bond donors (Lipinski definition) is 2. The second-order valence-corrected chi connectivity index (χ2v) is 9.63. The van der Waals surface area contributed by atoms with E-state index in [1.165, 1.54) is 27.8 Å². The lowest BCUT2D eigenvalue weighted by Gasteiger charge is -2.37. The van der Waals surface area contributed by atoms with Crippen LogP contribution in [0.15, 0.2) is 41.3 Å². The maximum absolute atomic E-state index is 14.3. The Bertz CT molecular complexity index is 1570. The van der Waals surface area contributed by atoms with E-state index in [1.807, 2.05) is 4.90 Å². The summed E-state index contributed by atoms with van der Waals surface area (Å²) in [6.07, 6.45) is 1.22. The molecule has 2 aliphatic rings. The number of aliphatic hydroxyl groups excluding tert-OH is 1. The lowest BCUT2D eigenvalue weighted by Crippen LogP contribution is -2.56. The van der Waals surface area contributed by atoms with Gasteiger partial charge in [-0.1, -0.05) is 0 Å². The summed E-state index contributed by atoms with van der Waals surface area (Å²) in [6, 6.07) is 4.99. The van der Waals surface area contributed by atoms with E-state index in [0.717, 1.165) is 5.69 Å². The Morgan fingerprint density at radius 1 is 1.20 bits per heavy atom. The molecule has 0 aliphatic carbocycles. The Hall–Kier alpha value is -4.59. The van der Waals surface area contributed by atoms with Crippen molar-refractivity contribution in [2.24, 2.45) is 0 Å². The average molecular weight is 558 g/mol. The van der Waals surface area contributed by atoms with Gasteiger partial charge in [0.15, 0.2) is 11.6 Å². The molecule has 2 aromatic carbocycles. The van der Waals surface area contributed by atoms with Crippen LogP contribution in [0.4, 0.5) is 20.2 Å². The highest BCUT2D eigenvalue weighted by Gasteiger charge is 2.32. The predicted molar refractivity (Wildman–Crippen MR) is 139 cm³/mol. The van der Waals surface area contributed by atoms with E-state index in [4.69, 9.17) is 4.74 Å². The topological polar surface area (TPSA) is 147 Å². The van der Waals surface area contributed by atoms with Gasteiger partial charge in [-0.05, 0) is 25.1 Å². The molecule has 2 N–H and O–H groups in total. The van der Waals surface area contributed by atoms with Crippen LogP contribution in [0.5, 0.6) is 5.75 Å². The van der Waals surface area contributed by atoms with Gasteiger partial charge in [-0.2, -0.15) is 4.39 Å². The third-order valence-electron chi connectivity index (χ3n) is 7.16. The van der Waals surface area contributed by atoms with Crippen LogP contribution in [-0.2, 0) is 4.79 Å². The van der Waals surface area contributed by atoms with E-state index in [1.54, 1.807) is 19.1 Å². The smallest absolute Gasteiger partial charge is 0.269 e. The first kappa shape index (κ1) is 27.0. The van der Waals surface area contributed by atoms with Crippen molar-refractivity contribution in [1.29, 1.82) is 0 Å². The van der Waals surface area contributed by atoms with Crippen molar-refractivity contribution in [3.63, 3.8) is 0 Å². The van der Waals surface area contributed by atoms with Gasteiger partial charge < -0.3 is 29.5 Å². The zero-order chi connectivity index (χ0) is 28.7. The molecule has 0 bridgehead atoms. The van der Waals surface area contributed by atoms with E-state index >= 15 is 0 Å². The molecule has 2 amide bonds. The normalized spacial score (nSPS) is 17.4. The van der Waals surface area contributed by atoms with Crippen molar-refractivity contribution in [2.45, 2.75) is 19.0 Å². The van der Waals surface area contributed by atoms with Crippen LogP contribution in [0.1, 0.15) is 23.3 Å². The number of nitro benzene ring substituents is 1. The molecular formula is C26H25F2N5O7. The lowest BCUT2D eigenvalue weighted by molar-refractivity contribution is -0.384. The van der Waals surface area contributed by atoms with Crippen molar-refractivity contribution in [3.05, 3.63) is 74.1 Å². The van der Waals surface area contributed by atoms with Gasteiger partial charge in [0.05, 0.1) is 28.5 Å². The molecule has 3 aromatic rings. The van der Waals surface area contributed by atoms with Crippen LogP contribution in [0.2, 0.25) is 0 Å². The Kier molecular flexibility index (Phi) is 7.10. The molecule has 2 unspecified atom stereocenters. The summed E-state index contributed by atoms with van der Waals surface area (Å²) in [5.74, 6) is -4.44. The number of halogens is 2. The summed E-state index contributed by atoms with van der Waals surface area (Å²) in [7, 11) is 0. The van der Waals surface area contributed by atoms with Gasteiger partial charge >= 0.3 is 0 Å². The number of pyridine rings is 1. The molecule has 5 rings (SSSR count). The molecule has 1 aromatic heterocycles. The lowest BCUT2D eigenvalue weighted by atomic mass is 10.1. The molecule has 1 fully saturated rings. The molecule has 40 heavy (non-hydrogen) atoms. The van der Waals surface area contributed by atoms with Crippen molar-refractivity contribution in [3.8, 4) is 5.75 Å². The van der Waals surface area contributed by atoms with E-state index in [2.05, 4.69) is 5.32 Å². The SMILES string of the molecule is CC1COc2c(F)c(F)cc3c(=O)c(C(=O)NC(CO)C(=O)N4CCN(c5ccc([N+](=O)[O-])cc5)CC4)cn1c23. The number of nitrogens with zero attached hydrogens (tertiary/aromatic N) is 4. The molecule has 14 heteroatoms. The first-order valence-corrected chi connectivity index (χ1v) is 12.5. The summed E-state index contributed by atoms with van der Waals surface area (Å²) in [5, 5.41) is 22.9. The minimum Gasteiger partial charge on any atom is -0.486 e. The Balaban J connectivity index is 1.32. The van der Waals surface area contributed by atoms with Crippen LogP contribution in [0.3, 0.4) is 0 Å². The number of ether oxygens (including phenoxy) is 1. The standard InChI is InChI=1S/C26H25F2N5O7/c1-14-13-40-24-21(28)19(27)10-17-22(24)32(14)11-18(23(17)35)25(36)29-20(12-34)26(37)31-8-6-30(7-9-31)15-2-4-16(5-3-15)33(38)39/h2-5,10-11,14,20,34H,6-9,12-13H2,1H3,(H,29,36). The van der Waals surface area contributed by atoms with E-state index < -0.39 is 63.8 Å². The highest BCUT2D eigenvalue weighted by atomic mass is 19.2. The highest BCUT2D eigenvalue weighted by molar-refractivity contribution is 6.00. The molecule has 2 atom stereocenters. The molecule has 1 saturated heterocycles. The van der Waals surface area contributed by atoms with E-state index in [0.29, 0.717) is 19.2 Å². The fourth-order valence-electron chi connectivity index (χ4n) is 4.97. The second-order valence-electron chi connectivity index (χ2n) is 9.63. The first-order chi connectivity index (χ1) is 19.1. The Morgan fingerprint density at radius 2 is 1.88 bits per heavy atom. The fourth-order valence-corrected chi connectivity index (χ4v) is 4.97. The number of nitro groups is 1. The minimum atomic E-state index is -1.35. The molecule has 0 radical (unpaired) electrons. The number of aromatic nitrogens is 1. The number of hydrogen-bond acceptors (Lipinski definition) is 8.